The lowest BCUT2D eigenvalue weighted by molar-refractivity contribution is 0.559. The Balaban J connectivity index is 1.81. The Morgan fingerprint density at radius 1 is 1.04 bits per heavy atom. The number of benzene rings is 3. The van der Waals surface area contributed by atoms with E-state index in [1.165, 1.54) is 18.2 Å². The van der Waals surface area contributed by atoms with E-state index in [1.807, 2.05) is 30.3 Å². The van der Waals surface area contributed by atoms with Crippen LogP contribution in [0.15, 0.2) is 69.9 Å². The SMILES string of the molecule is O=c1cc(CNc2ccc(F)c(Cl)c2)c2c(ccc3ccccc32)o1. The Bertz CT molecular complexity index is 1150. The topological polar surface area (TPSA) is 42.2 Å². The largest absolute Gasteiger partial charge is 0.423 e. The van der Waals surface area contributed by atoms with Crippen molar-refractivity contribution in [2.24, 2.45) is 0 Å². The van der Waals surface area contributed by atoms with E-state index in [1.54, 1.807) is 12.1 Å². The molecule has 0 spiro atoms. The number of hydrogen-bond donors (Lipinski definition) is 1. The molecule has 0 bridgehead atoms. The molecule has 0 saturated carbocycles. The van der Waals surface area contributed by atoms with Crippen LogP contribution in [0.25, 0.3) is 21.7 Å². The molecule has 0 aliphatic rings. The van der Waals surface area contributed by atoms with E-state index >= 15 is 0 Å². The predicted octanol–water partition coefficient (Wildman–Crippen LogP) is 5.35. The molecule has 25 heavy (non-hydrogen) atoms. The lowest BCUT2D eigenvalue weighted by Crippen LogP contribution is -2.06. The first-order chi connectivity index (χ1) is 12.1. The second-order valence-corrected chi connectivity index (χ2v) is 6.14. The van der Waals surface area contributed by atoms with Crippen molar-refractivity contribution in [3.8, 4) is 0 Å². The van der Waals surface area contributed by atoms with Crippen molar-refractivity contribution in [1.29, 1.82) is 0 Å². The molecule has 4 aromatic rings. The average Bonchev–Trinajstić information content (AvgIpc) is 2.62. The van der Waals surface area contributed by atoms with E-state index in [0.29, 0.717) is 17.8 Å². The smallest absolute Gasteiger partial charge is 0.336 e. The summed E-state index contributed by atoms with van der Waals surface area (Å²) in [6.45, 7) is 0.387. The molecule has 0 aliphatic carbocycles. The first-order valence-electron chi connectivity index (χ1n) is 7.75. The van der Waals surface area contributed by atoms with Gasteiger partial charge < -0.3 is 9.73 Å². The molecule has 3 aromatic carbocycles. The maximum Gasteiger partial charge on any atom is 0.336 e. The third-order valence-corrected chi connectivity index (χ3v) is 4.41. The van der Waals surface area contributed by atoms with Crippen molar-refractivity contribution in [3.63, 3.8) is 0 Å². The van der Waals surface area contributed by atoms with E-state index in [9.17, 15) is 9.18 Å². The fourth-order valence-electron chi connectivity index (χ4n) is 2.96. The Morgan fingerprint density at radius 3 is 2.72 bits per heavy atom. The number of rotatable bonds is 3. The van der Waals surface area contributed by atoms with Crippen LogP contribution in [0.5, 0.6) is 0 Å². The quantitative estimate of drug-likeness (QED) is 0.398. The summed E-state index contributed by atoms with van der Waals surface area (Å²) in [5, 5.41) is 6.19. The Hall–Kier alpha value is -2.85. The molecule has 3 nitrogen and oxygen atoms in total. The van der Waals surface area contributed by atoms with Gasteiger partial charge >= 0.3 is 5.63 Å². The molecule has 5 heteroatoms. The Labute approximate surface area is 147 Å². The molecule has 0 fully saturated rings. The highest BCUT2D eigenvalue weighted by molar-refractivity contribution is 6.31. The first kappa shape index (κ1) is 15.7. The van der Waals surface area contributed by atoms with Gasteiger partial charge in [0.15, 0.2) is 0 Å². The summed E-state index contributed by atoms with van der Waals surface area (Å²) < 4.78 is 18.6. The zero-order valence-corrected chi connectivity index (χ0v) is 13.8. The summed E-state index contributed by atoms with van der Waals surface area (Å²) in [5.74, 6) is -0.469. The summed E-state index contributed by atoms with van der Waals surface area (Å²) in [6.07, 6.45) is 0. The molecule has 1 heterocycles. The summed E-state index contributed by atoms with van der Waals surface area (Å²) in [5.41, 5.74) is 1.62. The third-order valence-electron chi connectivity index (χ3n) is 4.12. The van der Waals surface area contributed by atoms with Gasteiger partial charge in [0, 0.05) is 23.7 Å². The Morgan fingerprint density at radius 2 is 1.88 bits per heavy atom. The number of halogens is 2. The van der Waals surface area contributed by atoms with Crippen LogP contribution in [0.3, 0.4) is 0 Å². The van der Waals surface area contributed by atoms with Crippen molar-refractivity contribution in [1.82, 2.24) is 0 Å². The summed E-state index contributed by atoms with van der Waals surface area (Å²) in [4.78, 5) is 11.9. The monoisotopic (exact) mass is 353 g/mol. The standard InChI is InChI=1S/C20H13ClFNO2/c21-16-10-14(6-7-17(16)22)23-11-13-9-19(24)25-18-8-5-12-3-1-2-4-15(12)20(13)18/h1-10,23H,11H2. The fourth-order valence-corrected chi connectivity index (χ4v) is 3.14. The van der Waals surface area contributed by atoms with E-state index in [4.69, 9.17) is 16.0 Å². The number of fused-ring (bicyclic) bond motifs is 3. The van der Waals surface area contributed by atoms with Gasteiger partial charge in [-0.05, 0) is 40.6 Å². The van der Waals surface area contributed by atoms with Gasteiger partial charge in [-0.25, -0.2) is 9.18 Å². The molecular weight excluding hydrogens is 341 g/mol. The van der Waals surface area contributed by atoms with Crippen LogP contribution in [-0.4, -0.2) is 0 Å². The second-order valence-electron chi connectivity index (χ2n) is 5.73. The summed E-state index contributed by atoms with van der Waals surface area (Å²) in [6, 6.07) is 17.6. The molecule has 0 atom stereocenters. The number of hydrogen-bond acceptors (Lipinski definition) is 3. The van der Waals surface area contributed by atoms with E-state index in [2.05, 4.69) is 5.32 Å². The molecule has 4 rings (SSSR count). The van der Waals surface area contributed by atoms with Gasteiger partial charge in [0.05, 0.1) is 5.02 Å². The minimum absolute atomic E-state index is 0.0490. The van der Waals surface area contributed by atoms with E-state index in [0.717, 1.165) is 21.7 Å². The maximum absolute atomic E-state index is 13.3. The summed E-state index contributed by atoms with van der Waals surface area (Å²) in [7, 11) is 0. The van der Waals surface area contributed by atoms with Crippen LogP contribution in [0.4, 0.5) is 10.1 Å². The first-order valence-corrected chi connectivity index (χ1v) is 8.13. The molecule has 0 unspecified atom stereocenters. The van der Waals surface area contributed by atoms with E-state index in [-0.39, 0.29) is 5.02 Å². The van der Waals surface area contributed by atoms with Gasteiger partial charge in [-0.2, -0.15) is 0 Å². The van der Waals surface area contributed by atoms with Crippen LogP contribution in [0, 0.1) is 5.82 Å². The van der Waals surface area contributed by atoms with Gasteiger partial charge in [-0.15, -0.1) is 0 Å². The lowest BCUT2D eigenvalue weighted by atomic mass is 10.0. The summed E-state index contributed by atoms with van der Waals surface area (Å²) >= 11 is 5.81. The van der Waals surface area contributed by atoms with Crippen molar-refractivity contribution >= 4 is 39.0 Å². The molecule has 1 aromatic heterocycles. The highest BCUT2D eigenvalue weighted by atomic mass is 35.5. The average molecular weight is 354 g/mol. The molecule has 1 N–H and O–H groups in total. The third kappa shape index (κ3) is 2.96. The molecule has 124 valence electrons. The van der Waals surface area contributed by atoms with Crippen molar-refractivity contribution in [2.45, 2.75) is 6.54 Å². The maximum atomic E-state index is 13.3. The minimum atomic E-state index is -0.469. The molecule has 0 amide bonds. The zero-order chi connectivity index (χ0) is 17.4. The minimum Gasteiger partial charge on any atom is -0.423 e. The van der Waals surface area contributed by atoms with Crippen molar-refractivity contribution < 1.29 is 8.81 Å². The fraction of sp³-hybridized carbons (Fsp3) is 0.0500. The van der Waals surface area contributed by atoms with Crippen molar-refractivity contribution in [2.75, 3.05) is 5.32 Å². The zero-order valence-electron chi connectivity index (χ0n) is 13.1. The lowest BCUT2D eigenvalue weighted by Gasteiger charge is -2.11. The molecule has 0 radical (unpaired) electrons. The number of nitrogens with one attached hydrogen (secondary N) is 1. The molecule has 0 aliphatic heterocycles. The van der Waals surface area contributed by atoms with Gasteiger partial charge in [0.25, 0.3) is 0 Å². The highest BCUT2D eigenvalue weighted by Gasteiger charge is 2.10. The van der Waals surface area contributed by atoms with Crippen LogP contribution < -0.4 is 10.9 Å². The van der Waals surface area contributed by atoms with Gasteiger partial charge in [-0.1, -0.05) is 41.9 Å². The molecule has 0 saturated heterocycles. The van der Waals surface area contributed by atoms with Gasteiger partial charge in [0.1, 0.15) is 11.4 Å². The van der Waals surface area contributed by atoms with Crippen molar-refractivity contribution in [3.05, 3.63) is 87.5 Å². The normalized spacial score (nSPS) is 11.1. The van der Waals surface area contributed by atoms with Gasteiger partial charge in [0.2, 0.25) is 0 Å². The highest BCUT2D eigenvalue weighted by Crippen LogP contribution is 2.28. The van der Waals surface area contributed by atoms with E-state index < -0.39 is 11.4 Å². The number of anilines is 1. The predicted molar refractivity (Wildman–Crippen MR) is 98.7 cm³/mol. The van der Waals surface area contributed by atoms with Crippen LogP contribution in [0.2, 0.25) is 5.02 Å². The Kier molecular flexibility index (Phi) is 3.90. The van der Waals surface area contributed by atoms with Crippen LogP contribution in [0.1, 0.15) is 5.56 Å². The van der Waals surface area contributed by atoms with Gasteiger partial charge in [-0.3, -0.25) is 0 Å². The van der Waals surface area contributed by atoms with Crippen LogP contribution >= 0.6 is 11.6 Å². The molecular formula is C20H13ClFNO2. The van der Waals surface area contributed by atoms with Crippen LogP contribution in [-0.2, 0) is 6.54 Å². The second kappa shape index (κ2) is 6.22.